The first-order chi connectivity index (χ1) is 34.6. The van der Waals surface area contributed by atoms with Gasteiger partial charge in [-0.25, -0.2) is 4.79 Å². The zero-order valence-corrected chi connectivity index (χ0v) is 46.9. The zero-order valence-electron chi connectivity index (χ0n) is 46.9. The second kappa shape index (κ2) is 53.3. The SMILES string of the molecule is CCCCC/C=C\C/C=C\CCCCCCCCCC(=O)OCC(COC(OCC[N+](C)(C)C)C(=O)O)OC(=O)CCCCCCCCCCCCCCCC/C=C\C/C=C\C/C=C\CCCCCCC. The minimum atomic E-state index is -1.51. The van der Waals surface area contributed by atoms with E-state index in [0.29, 0.717) is 17.4 Å². The molecule has 9 heteroatoms. The van der Waals surface area contributed by atoms with Crippen LogP contribution in [0.2, 0.25) is 0 Å². The second-order valence-electron chi connectivity index (χ2n) is 20.9. The Bertz CT molecular complexity index is 1350. The highest BCUT2D eigenvalue weighted by atomic mass is 16.7. The number of unbranched alkanes of at least 4 members (excludes halogenated alkanes) is 29. The maximum Gasteiger partial charge on any atom is 0.361 e. The van der Waals surface area contributed by atoms with Crippen molar-refractivity contribution in [2.45, 2.75) is 270 Å². The number of ether oxygens (including phenoxy) is 4. The van der Waals surface area contributed by atoms with Gasteiger partial charge < -0.3 is 28.5 Å². The number of hydrogen-bond donors (Lipinski definition) is 1. The molecule has 0 aliphatic heterocycles. The summed E-state index contributed by atoms with van der Waals surface area (Å²) < 4.78 is 22.9. The Morgan fingerprint density at radius 1 is 0.423 bits per heavy atom. The molecule has 0 aromatic carbocycles. The first-order valence-electron chi connectivity index (χ1n) is 29.5. The summed E-state index contributed by atoms with van der Waals surface area (Å²) in [5, 5.41) is 9.70. The number of hydrogen-bond acceptors (Lipinski definition) is 7. The number of nitrogens with zero attached hydrogens (tertiary/aromatic N) is 1. The fourth-order valence-electron chi connectivity index (χ4n) is 8.17. The van der Waals surface area contributed by atoms with Gasteiger partial charge in [-0.3, -0.25) is 9.59 Å². The normalized spacial score (nSPS) is 13.2. The van der Waals surface area contributed by atoms with E-state index in [2.05, 4.69) is 74.6 Å². The molecule has 0 saturated carbocycles. The van der Waals surface area contributed by atoms with E-state index in [1.54, 1.807) is 0 Å². The van der Waals surface area contributed by atoms with Crippen molar-refractivity contribution in [1.82, 2.24) is 0 Å². The fourth-order valence-corrected chi connectivity index (χ4v) is 8.17. The molecular formula is C62H112NO8+. The van der Waals surface area contributed by atoms with E-state index in [-0.39, 0.29) is 32.2 Å². The van der Waals surface area contributed by atoms with Gasteiger partial charge in [0.1, 0.15) is 13.2 Å². The summed E-state index contributed by atoms with van der Waals surface area (Å²) >= 11 is 0. The smallest absolute Gasteiger partial charge is 0.361 e. The van der Waals surface area contributed by atoms with Gasteiger partial charge in [0.15, 0.2) is 6.10 Å². The summed E-state index contributed by atoms with van der Waals surface area (Å²) in [7, 11) is 5.97. The maximum absolute atomic E-state index is 12.9. The quantitative estimate of drug-likeness (QED) is 0.0211. The number of carbonyl (C=O) groups excluding carboxylic acids is 2. The van der Waals surface area contributed by atoms with E-state index >= 15 is 0 Å². The molecule has 0 fully saturated rings. The lowest BCUT2D eigenvalue weighted by atomic mass is 10.0. The molecular weight excluding hydrogens is 887 g/mol. The summed E-state index contributed by atoms with van der Waals surface area (Å²) in [6, 6.07) is 0. The molecule has 71 heavy (non-hydrogen) atoms. The Hall–Kier alpha value is -3.01. The average Bonchev–Trinajstić information content (AvgIpc) is 3.34. The van der Waals surface area contributed by atoms with Gasteiger partial charge in [-0.05, 0) is 83.5 Å². The first-order valence-corrected chi connectivity index (χ1v) is 29.5. The second-order valence-corrected chi connectivity index (χ2v) is 20.9. The minimum absolute atomic E-state index is 0.185. The van der Waals surface area contributed by atoms with Gasteiger partial charge in [-0.15, -0.1) is 0 Å². The summed E-state index contributed by atoms with van der Waals surface area (Å²) in [6.07, 6.45) is 64.4. The van der Waals surface area contributed by atoms with Gasteiger partial charge >= 0.3 is 17.9 Å². The van der Waals surface area contributed by atoms with Crippen LogP contribution < -0.4 is 0 Å². The van der Waals surface area contributed by atoms with Crippen LogP contribution in [0, 0.1) is 0 Å². The van der Waals surface area contributed by atoms with Crippen LogP contribution in [0.15, 0.2) is 60.8 Å². The molecule has 9 nitrogen and oxygen atoms in total. The Labute approximate surface area is 437 Å². The predicted molar refractivity (Wildman–Crippen MR) is 300 cm³/mol. The van der Waals surface area contributed by atoms with Crippen molar-refractivity contribution < 1.29 is 42.9 Å². The van der Waals surface area contributed by atoms with Crippen molar-refractivity contribution in [3.8, 4) is 0 Å². The number of esters is 2. The molecule has 0 bridgehead atoms. The van der Waals surface area contributed by atoms with Gasteiger partial charge in [-0.2, -0.15) is 0 Å². The summed E-state index contributed by atoms with van der Waals surface area (Å²) in [5.41, 5.74) is 0. The molecule has 0 saturated heterocycles. The van der Waals surface area contributed by atoms with Crippen LogP contribution in [0.25, 0.3) is 0 Å². The molecule has 0 aromatic heterocycles. The van der Waals surface area contributed by atoms with Gasteiger partial charge in [0.25, 0.3) is 6.29 Å². The number of aliphatic carboxylic acids is 1. The highest BCUT2D eigenvalue weighted by molar-refractivity contribution is 5.71. The van der Waals surface area contributed by atoms with E-state index in [9.17, 15) is 19.5 Å². The van der Waals surface area contributed by atoms with Crippen molar-refractivity contribution in [3.05, 3.63) is 60.8 Å². The van der Waals surface area contributed by atoms with Crippen LogP contribution in [-0.2, 0) is 33.3 Å². The van der Waals surface area contributed by atoms with Gasteiger partial charge in [0.2, 0.25) is 0 Å². The topological polar surface area (TPSA) is 108 Å². The Balaban J connectivity index is 4.20. The summed E-state index contributed by atoms with van der Waals surface area (Å²) in [4.78, 5) is 37.4. The van der Waals surface area contributed by atoms with Crippen molar-refractivity contribution in [2.75, 3.05) is 47.5 Å². The standard InChI is InChI=1S/C62H111NO8/c1-6-8-10-12-14-16-18-20-22-24-25-26-27-28-29-30-31-32-33-34-35-37-39-41-43-45-47-49-51-53-60(65)71-58(57-70-62(61(66)67)68-55-54-63(3,4)5)56-69-59(64)52-50-48-46-44-42-40-38-36-23-21-19-17-15-13-11-9-7-2/h15,17-18,20-21,23-25,27-28,58,62H,6-14,16,19,22,26,29-57H2,1-5H3/p+1/b17-15-,20-18-,23-21-,25-24-,28-27-. The van der Waals surface area contributed by atoms with E-state index in [0.717, 1.165) is 70.6 Å². The van der Waals surface area contributed by atoms with E-state index in [4.69, 9.17) is 18.9 Å². The van der Waals surface area contributed by atoms with Crippen LogP contribution in [0.1, 0.15) is 258 Å². The van der Waals surface area contributed by atoms with Crippen LogP contribution in [-0.4, -0.2) is 87.4 Å². The summed E-state index contributed by atoms with van der Waals surface area (Å²) in [6.45, 7) is 4.85. The zero-order chi connectivity index (χ0) is 52.0. The van der Waals surface area contributed by atoms with Crippen LogP contribution in [0.5, 0.6) is 0 Å². The third-order valence-corrected chi connectivity index (χ3v) is 12.7. The van der Waals surface area contributed by atoms with Crippen molar-refractivity contribution in [2.24, 2.45) is 0 Å². The van der Waals surface area contributed by atoms with Crippen molar-refractivity contribution >= 4 is 17.9 Å². The van der Waals surface area contributed by atoms with E-state index < -0.39 is 24.3 Å². The van der Waals surface area contributed by atoms with Crippen LogP contribution in [0.4, 0.5) is 0 Å². The lowest BCUT2D eigenvalue weighted by molar-refractivity contribution is -0.870. The largest absolute Gasteiger partial charge is 0.477 e. The lowest BCUT2D eigenvalue weighted by Gasteiger charge is -2.25. The number of carboxylic acids is 1. The van der Waals surface area contributed by atoms with Crippen LogP contribution in [0.3, 0.4) is 0 Å². The molecule has 1 N–H and O–H groups in total. The van der Waals surface area contributed by atoms with Gasteiger partial charge in [-0.1, -0.05) is 222 Å². The predicted octanol–water partition coefficient (Wildman–Crippen LogP) is 17.2. The first kappa shape index (κ1) is 68.0. The Morgan fingerprint density at radius 2 is 0.761 bits per heavy atom. The number of likely N-dealkylation sites (N-methyl/N-ethyl adjacent to an activating group) is 1. The molecule has 0 aliphatic rings. The number of allylic oxidation sites excluding steroid dienone is 10. The van der Waals surface area contributed by atoms with Crippen molar-refractivity contribution in [3.63, 3.8) is 0 Å². The third-order valence-electron chi connectivity index (χ3n) is 12.7. The van der Waals surface area contributed by atoms with Gasteiger partial charge in [0.05, 0.1) is 34.4 Å². The van der Waals surface area contributed by atoms with E-state index in [1.165, 1.54) is 161 Å². The molecule has 0 rings (SSSR count). The molecule has 0 spiro atoms. The van der Waals surface area contributed by atoms with E-state index in [1.807, 2.05) is 21.1 Å². The molecule has 2 atom stereocenters. The Morgan fingerprint density at radius 3 is 1.15 bits per heavy atom. The number of carboxylic acid groups (broad SMARTS) is 1. The molecule has 0 aromatic rings. The maximum atomic E-state index is 12.9. The minimum Gasteiger partial charge on any atom is -0.477 e. The molecule has 2 unspecified atom stereocenters. The number of carbonyl (C=O) groups is 3. The Kier molecular flexibility index (Phi) is 51.0. The monoisotopic (exact) mass is 999 g/mol. The van der Waals surface area contributed by atoms with Crippen LogP contribution >= 0.6 is 0 Å². The molecule has 0 heterocycles. The fraction of sp³-hybridized carbons (Fsp3) is 0.790. The number of rotatable bonds is 54. The third kappa shape index (κ3) is 54.6. The number of quaternary nitrogens is 1. The molecule has 0 aliphatic carbocycles. The lowest BCUT2D eigenvalue weighted by Crippen LogP contribution is -2.40. The molecule has 412 valence electrons. The highest BCUT2D eigenvalue weighted by Gasteiger charge is 2.25. The van der Waals surface area contributed by atoms with Crippen molar-refractivity contribution in [1.29, 1.82) is 0 Å². The molecule has 0 amide bonds. The highest BCUT2D eigenvalue weighted by Crippen LogP contribution is 2.16. The molecule has 0 radical (unpaired) electrons. The average molecular weight is 1000 g/mol. The summed E-state index contributed by atoms with van der Waals surface area (Å²) in [5.74, 6) is -2.01. The van der Waals surface area contributed by atoms with Gasteiger partial charge in [0, 0.05) is 12.8 Å².